The second-order valence-electron chi connectivity index (χ2n) is 6.40. The zero-order valence-electron chi connectivity index (χ0n) is 15.2. The van der Waals surface area contributed by atoms with Crippen LogP contribution in [0.5, 0.6) is 5.75 Å². The fourth-order valence-electron chi connectivity index (χ4n) is 3.25. The Balaban J connectivity index is 1.50. The van der Waals surface area contributed by atoms with Crippen molar-refractivity contribution < 1.29 is 9.53 Å². The highest BCUT2D eigenvalue weighted by Gasteiger charge is 2.25. The maximum Gasteiger partial charge on any atom is 0.254 e. The number of methoxy groups -OCH3 is 1. The lowest BCUT2D eigenvalue weighted by Gasteiger charge is -2.34. The van der Waals surface area contributed by atoms with Crippen molar-refractivity contribution in [2.45, 2.75) is 0 Å². The highest BCUT2D eigenvalue weighted by atomic mass is 35.5. The van der Waals surface area contributed by atoms with Crippen LogP contribution in [0.3, 0.4) is 0 Å². The predicted molar refractivity (Wildman–Crippen MR) is 110 cm³/mol. The topological polar surface area (TPSA) is 69.5 Å². The molecule has 1 saturated heterocycles. The second kappa shape index (κ2) is 7.66. The molecule has 3 aromatic rings. The lowest BCUT2D eigenvalue weighted by molar-refractivity contribution is 0.0746. The third-order valence-corrected chi connectivity index (χ3v) is 6.32. The number of carbonyl (C=O) groups is 1. The molecular formula is C20H17ClN4O2S. The van der Waals surface area contributed by atoms with Crippen LogP contribution >= 0.6 is 22.9 Å². The lowest BCUT2D eigenvalue weighted by Crippen LogP contribution is -2.48. The van der Waals surface area contributed by atoms with E-state index in [1.165, 1.54) is 11.3 Å². The summed E-state index contributed by atoms with van der Waals surface area (Å²) in [4.78, 5) is 21.4. The van der Waals surface area contributed by atoms with Crippen molar-refractivity contribution in [3.63, 3.8) is 0 Å². The molecule has 1 aliphatic rings. The number of rotatable bonds is 3. The number of nitrogens with zero attached hydrogens (tertiary/aromatic N) is 4. The van der Waals surface area contributed by atoms with E-state index in [1.807, 2.05) is 17.0 Å². The largest absolute Gasteiger partial charge is 0.494 e. The van der Waals surface area contributed by atoms with Crippen molar-refractivity contribution in [1.82, 2.24) is 9.88 Å². The number of piperazine rings is 1. The van der Waals surface area contributed by atoms with E-state index in [1.54, 1.807) is 31.4 Å². The summed E-state index contributed by atoms with van der Waals surface area (Å²) in [6, 6.07) is 12.5. The number of nitriles is 1. The third kappa shape index (κ3) is 3.37. The number of hydrogen-bond acceptors (Lipinski definition) is 6. The fraction of sp³-hybridized carbons (Fsp3) is 0.250. The molecule has 4 rings (SSSR count). The van der Waals surface area contributed by atoms with Gasteiger partial charge in [0.1, 0.15) is 11.3 Å². The van der Waals surface area contributed by atoms with E-state index in [0.29, 0.717) is 48.1 Å². The summed E-state index contributed by atoms with van der Waals surface area (Å²) in [5, 5.41) is 10.6. The molecule has 6 nitrogen and oxygen atoms in total. The molecule has 2 heterocycles. The van der Waals surface area contributed by atoms with Crippen LogP contribution in [0.1, 0.15) is 15.9 Å². The number of carbonyl (C=O) groups excluding carboxylic acids is 1. The first-order valence-corrected chi connectivity index (χ1v) is 9.97. The molecular weight excluding hydrogens is 396 g/mol. The Hall–Kier alpha value is -2.82. The number of aromatic nitrogens is 1. The van der Waals surface area contributed by atoms with Crippen molar-refractivity contribution in [1.29, 1.82) is 5.26 Å². The molecule has 2 aromatic carbocycles. The Bertz CT molecular complexity index is 1080. The van der Waals surface area contributed by atoms with Crippen LogP contribution in [0.15, 0.2) is 36.4 Å². The molecule has 1 aliphatic heterocycles. The van der Waals surface area contributed by atoms with Gasteiger partial charge < -0.3 is 14.5 Å². The van der Waals surface area contributed by atoms with E-state index in [2.05, 4.69) is 11.0 Å². The Kier molecular flexibility index (Phi) is 5.07. The lowest BCUT2D eigenvalue weighted by atomic mass is 10.1. The van der Waals surface area contributed by atoms with Gasteiger partial charge in [-0.05, 0) is 30.3 Å². The zero-order valence-corrected chi connectivity index (χ0v) is 16.8. The minimum Gasteiger partial charge on any atom is -0.494 e. The van der Waals surface area contributed by atoms with Crippen molar-refractivity contribution in [3.8, 4) is 11.8 Å². The first-order chi connectivity index (χ1) is 13.6. The summed E-state index contributed by atoms with van der Waals surface area (Å²) in [6.07, 6.45) is 0. The van der Waals surface area contributed by atoms with Gasteiger partial charge in [-0.3, -0.25) is 4.79 Å². The number of hydrogen-bond donors (Lipinski definition) is 0. The van der Waals surface area contributed by atoms with E-state index in [-0.39, 0.29) is 5.91 Å². The smallest absolute Gasteiger partial charge is 0.254 e. The zero-order chi connectivity index (χ0) is 19.7. The van der Waals surface area contributed by atoms with Gasteiger partial charge in [-0.1, -0.05) is 29.0 Å². The Labute approximate surface area is 171 Å². The van der Waals surface area contributed by atoms with Gasteiger partial charge in [-0.15, -0.1) is 0 Å². The number of benzene rings is 2. The van der Waals surface area contributed by atoms with Gasteiger partial charge >= 0.3 is 0 Å². The molecule has 0 saturated carbocycles. The Morgan fingerprint density at radius 3 is 2.75 bits per heavy atom. The van der Waals surface area contributed by atoms with Crippen LogP contribution in [0.2, 0.25) is 5.02 Å². The molecule has 28 heavy (non-hydrogen) atoms. The maximum atomic E-state index is 12.7. The van der Waals surface area contributed by atoms with Gasteiger partial charge in [0.2, 0.25) is 0 Å². The van der Waals surface area contributed by atoms with Crippen LogP contribution in [0, 0.1) is 11.3 Å². The summed E-state index contributed by atoms with van der Waals surface area (Å²) < 4.78 is 6.30. The number of amides is 1. The average Bonchev–Trinajstić information content (AvgIpc) is 3.20. The molecule has 0 bridgehead atoms. The Morgan fingerprint density at radius 1 is 1.25 bits per heavy atom. The van der Waals surface area contributed by atoms with Gasteiger partial charge in [0.15, 0.2) is 5.13 Å². The minimum absolute atomic E-state index is 0.0502. The van der Waals surface area contributed by atoms with Crippen LogP contribution in [-0.4, -0.2) is 49.1 Å². The molecule has 8 heteroatoms. The monoisotopic (exact) mass is 412 g/mol. The van der Waals surface area contributed by atoms with Gasteiger partial charge in [0.05, 0.1) is 28.5 Å². The SMILES string of the molecule is COc1ccc(Cl)c2sc(N3CCN(C(=O)c4cccc(C#N)c4)CC3)nc12. The molecule has 0 atom stereocenters. The third-order valence-electron chi connectivity index (χ3n) is 4.74. The summed E-state index contributed by atoms with van der Waals surface area (Å²) >= 11 is 7.85. The average molecular weight is 413 g/mol. The number of halogens is 1. The normalized spacial score (nSPS) is 14.2. The molecule has 0 N–H and O–H groups in total. The van der Waals surface area contributed by atoms with Crippen LogP contribution < -0.4 is 9.64 Å². The number of fused-ring (bicyclic) bond motifs is 1. The highest BCUT2D eigenvalue weighted by molar-refractivity contribution is 7.22. The summed E-state index contributed by atoms with van der Waals surface area (Å²) in [5.41, 5.74) is 1.80. The molecule has 1 aromatic heterocycles. The molecule has 0 radical (unpaired) electrons. The van der Waals surface area contributed by atoms with E-state index < -0.39 is 0 Å². The quantitative estimate of drug-likeness (QED) is 0.654. The molecule has 1 fully saturated rings. The second-order valence-corrected chi connectivity index (χ2v) is 7.78. The van der Waals surface area contributed by atoms with Gasteiger partial charge in [-0.25, -0.2) is 4.98 Å². The maximum absolute atomic E-state index is 12.7. The van der Waals surface area contributed by atoms with Crippen molar-refractivity contribution in [2.24, 2.45) is 0 Å². The van der Waals surface area contributed by atoms with E-state index in [0.717, 1.165) is 15.3 Å². The van der Waals surface area contributed by atoms with Crippen LogP contribution in [0.4, 0.5) is 5.13 Å². The molecule has 1 amide bonds. The fourth-order valence-corrected chi connectivity index (χ4v) is 4.55. The van der Waals surface area contributed by atoms with E-state index >= 15 is 0 Å². The number of anilines is 1. The number of thiazole rings is 1. The standard InChI is InChI=1S/C20H17ClN4O2S/c1-27-16-6-5-15(21)18-17(16)23-20(28-18)25-9-7-24(8-10-25)19(26)14-4-2-3-13(11-14)12-22/h2-6,11H,7-10H2,1H3. The molecule has 0 spiro atoms. The summed E-state index contributed by atoms with van der Waals surface area (Å²) in [5.74, 6) is 0.652. The van der Waals surface area contributed by atoms with Crippen molar-refractivity contribution in [2.75, 3.05) is 38.2 Å². The minimum atomic E-state index is -0.0502. The predicted octanol–water partition coefficient (Wildman–Crippen LogP) is 3.79. The molecule has 0 unspecified atom stereocenters. The van der Waals surface area contributed by atoms with Gasteiger partial charge in [0, 0.05) is 31.7 Å². The van der Waals surface area contributed by atoms with E-state index in [4.69, 9.17) is 26.6 Å². The van der Waals surface area contributed by atoms with Crippen molar-refractivity contribution in [3.05, 3.63) is 52.5 Å². The Morgan fingerprint density at radius 2 is 2.04 bits per heavy atom. The van der Waals surface area contributed by atoms with Gasteiger partial charge in [0.25, 0.3) is 5.91 Å². The van der Waals surface area contributed by atoms with Crippen LogP contribution in [-0.2, 0) is 0 Å². The van der Waals surface area contributed by atoms with Gasteiger partial charge in [-0.2, -0.15) is 5.26 Å². The first kappa shape index (κ1) is 18.5. The molecule has 142 valence electrons. The van der Waals surface area contributed by atoms with Crippen molar-refractivity contribution >= 4 is 44.2 Å². The molecule has 0 aliphatic carbocycles. The summed E-state index contributed by atoms with van der Waals surface area (Å²) in [7, 11) is 1.62. The van der Waals surface area contributed by atoms with Crippen LogP contribution in [0.25, 0.3) is 10.2 Å². The van der Waals surface area contributed by atoms with E-state index in [9.17, 15) is 4.79 Å². The summed E-state index contributed by atoms with van der Waals surface area (Å²) in [6.45, 7) is 2.56. The first-order valence-electron chi connectivity index (χ1n) is 8.78. The number of ether oxygens (including phenoxy) is 1. The highest BCUT2D eigenvalue weighted by Crippen LogP contribution is 2.38.